The van der Waals surface area contributed by atoms with Crippen molar-refractivity contribution in [3.63, 3.8) is 0 Å². The van der Waals surface area contributed by atoms with Crippen LogP contribution in [0.1, 0.15) is 27.3 Å². The second-order valence-corrected chi connectivity index (χ2v) is 16.6. The fourth-order valence-electron chi connectivity index (χ4n) is 6.65. The van der Waals surface area contributed by atoms with E-state index in [0.29, 0.717) is 29.8 Å². The van der Waals surface area contributed by atoms with E-state index in [2.05, 4.69) is 37.3 Å². The van der Waals surface area contributed by atoms with Gasteiger partial charge in [-0.1, -0.05) is 0 Å². The molecule has 1 saturated carbocycles. The summed E-state index contributed by atoms with van der Waals surface area (Å²) < 4.78 is 33.0. The largest absolute Gasteiger partial charge is 0.356 e. The van der Waals surface area contributed by atoms with Crippen molar-refractivity contribution in [3.8, 4) is 6.07 Å². The second-order valence-electron chi connectivity index (χ2n) is 12.0. The monoisotopic (exact) mass is 720 g/mol. The number of aryl methyl sites for hydroxylation is 2. The number of allylic oxidation sites excluding steroid dienone is 1. The van der Waals surface area contributed by atoms with Crippen LogP contribution in [-0.4, -0.2) is 73.1 Å². The molecule has 4 aromatic rings. The van der Waals surface area contributed by atoms with Crippen molar-refractivity contribution in [2.24, 2.45) is 25.9 Å². The van der Waals surface area contributed by atoms with E-state index in [1.807, 2.05) is 23.2 Å². The van der Waals surface area contributed by atoms with E-state index in [1.54, 1.807) is 66.3 Å². The molecule has 1 unspecified atom stereocenters. The van der Waals surface area contributed by atoms with Crippen LogP contribution in [0.5, 0.6) is 0 Å². The van der Waals surface area contributed by atoms with Crippen molar-refractivity contribution < 1.29 is 18.0 Å². The lowest BCUT2D eigenvalue weighted by molar-refractivity contribution is -0.132. The van der Waals surface area contributed by atoms with Crippen LogP contribution in [0.2, 0.25) is 0 Å². The molecule has 0 spiro atoms. The van der Waals surface area contributed by atoms with E-state index >= 15 is 0 Å². The molecule has 1 aromatic carbocycles. The van der Waals surface area contributed by atoms with E-state index < -0.39 is 15.6 Å². The molecule has 236 valence electrons. The zero-order chi connectivity index (χ0) is 32.4. The number of hydrogen-bond donors (Lipinski definition) is 1. The Balaban J connectivity index is 1.24. The minimum atomic E-state index is -3.66. The summed E-state index contributed by atoms with van der Waals surface area (Å²) in [4.78, 5) is 38.6. The number of nitrogens with zero attached hydrogens (tertiary/aromatic N) is 7. The molecule has 0 bridgehead atoms. The molecule has 3 atom stereocenters. The third-order valence-corrected chi connectivity index (χ3v) is 13.1. The third-order valence-electron chi connectivity index (χ3n) is 9.18. The molecular formula is C31H29BrN8O4S2. The SMILES string of the molecule is Cn1cncc1CC1(Cc2cncn2C)N/C(=C\C(=O)c2ccc(C#N)cc2)N(C2[C@H]3CN(S(=O)(=O)c4ccc(Br)s4)C[C@@H]23)C1=O. The van der Waals surface area contributed by atoms with Crippen LogP contribution in [0.4, 0.5) is 0 Å². The van der Waals surface area contributed by atoms with Crippen LogP contribution in [0, 0.1) is 23.2 Å². The molecule has 2 aliphatic heterocycles. The number of sulfonamides is 1. The van der Waals surface area contributed by atoms with Gasteiger partial charge in [0.15, 0.2) is 5.78 Å². The van der Waals surface area contributed by atoms with Crippen LogP contribution in [-0.2, 0) is 41.8 Å². The summed E-state index contributed by atoms with van der Waals surface area (Å²) >= 11 is 4.52. The Hall–Kier alpha value is -4.10. The Morgan fingerprint density at radius 2 is 1.67 bits per heavy atom. The molecule has 1 amide bonds. The zero-order valence-electron chi connectivity index (χ0n) is 24.9. The van der Waals surface area contributed by atoms with Crippen LogP contribution in [0.25, 0.3) is 0 Å². The van der Waals surface area contributed by atoms with E-state index in [9.17, 15) is 23.3 Å². The third kappa shape index (κ3) is 5.19. The van der Waals surface area contributed by atoms with Gasteiger partial charge in [0, 0.05) is 93.3 Å². The fraction of sp³-hybridized carbons (Fsp3) is 0.323. The number of halogens is 1. The van der Waals surface area contributed by atoms with Gasteiger partial charge in [0.2, 0.25) is 0 Å². The molecule has 1 aliphatic carbocycles. The van der Waals surface area contributed by atoms with Crippen molar-refractivity contribution in [2.75, 3.05) is 13.1 Å². The number of thiophene rings is 1. The summed E-state index contributed by atoms with van der Waals surface area (Å²) in [6, 6.07) is 11.4. The number of nitrogens with one attached hydrogen (secondary N) is 1. The summed E-state index contributed by atoms with van der Waals surface area (Å²) in [5, 5.41) is 12.7. The van der Waals surface area contributed by atoms with Gasteiger partial charge in [-0.05, 0) is 52.3 Å². The molecule has 3 aromatic heterocycles. The standard InChI is InChI=1S/C31H29BrN8O4S2/c1-37-17-34-13-21(37)10-31(11-22-14-35-18-38(22)2)30(42)40(27(36-31)9-25(41)20-5-3-19(12-33)4-6-20)29-23-15-39(16-24(23)29)46(43,44)28-8-7-26(32)45-28/h3-9,13-14,17-18,23-24,29,36H,10-11,15-16H2,1-2H3/b27-9+/t23-,24+,29?. The van der Waals surface area contributed by atoms with Gasteiger partial charge < -0.3 is 14.5 Å². The minimum absolute atomic E-state index is 0.0819. The first-order valence-electron chi connectivity index (χ1n) is 14.5. The number of carbonyl (C=O) groups excluding carboxylic acids is 2. The average molecular weight is 722 g/mol. The highest BCUT2D eigenvalue weighted by Crippen LogP contribution is 2.53. The lowest BCUT2D eigenvalue weighted by Gasteiger charge is -2.28. The van der Waals surface area contributed by atoms with Gasteiger partial charge in [0.1, 0.15) is 15.6 Å². The highest BCUT2D eigenvalue weighted by Gasteiger charge is 2.65. The van der Waals surface area contributed by atoms with Gasteiger partial charge in [0.25, 0.3) is 15.9 Å². The quantitative estimate of drug-likeness (QED) is 0.205. The fourth-order valence-corrected chi connectivity index (χ4v) is 10.3. The average Bonchev–Trinajstić information content (AvgIpc) is 3.67. The van der Waals surface area contributed by atoms with E-state index in [1.165, 1.54) is 21.7 Å². The van der Waals surface area contributed by atoms with Crippen molar-refractivity contribution in [1.82, 2.24) is 33.6 Å². The maximum atomic E-state index is 14.8. The molecule has 0 radical (unpaired) electrons. The summed E-state index contributed by atoms with van der Waals surface area (Å²) in [6.07, 6.45) is 8.85. The molecule has 46 heavy (non-hydrogen) atoms. The van der Waals surface area contributed by atoms with E-state index in [0.717, 1.165) is 15.2 Å². The Morgan fingerprint density at radius 1 is 1.07 bits per heavy atom. The van der Waals surface area contributed by atoms with Crippen LogP contribution < -0.4 is 5.32 Å². The van der Waals surface area contributed by atoms with E-state index in [4.69, 9.17) is 0 Å². The van der Waals surface area contributed by atoms with Gasteiger partial charge >= 0.3 is 0 Å². The Morgan fingerprint density at radius 3 is 2.17 bits per heavy atom. The maximum Gasteiger partial charge on any atom is 0.254 e. The molecule has 12 nitrogen and oxygen atoms in total. The topological polar surface area (TPSA) is 146 Å². The highest BCUT2D eigenvalue weighted by atomic mass is 79.9. The number of aromatic nitrogens is 4. The molecule has 5 heterocycles. The number of benzene rings is 1. The van der Waals surface area contributed by atoms with Crippen LogP contribution in [0.3, 0.4) is 0 Å². The second kappa shape index (κ2) is 11.3. The van der Waals surface area contributed by atoms with E-state index in [-0.39, 0.29) is 46.9 Å². The first kappa shape index (κ1) is 30.5. The normalized spacial score (nSPS) is 23.0. The molecule has 1 N–H and O–H groups in total. The summed E-state index contributed by atoms with van der Waals surface area (Å²) in [5.74, 6) is -0.299. The Labute approximate surface area is 278 Å². The first-order valence-corrected chi connectivity index (χ1v) is 17.6. The molecule has 15 heteroatoms. The lowest BCUT2D eigenvalue weighted by Crippen LogP contribution is -2.51. The number of imidazole rings is 2. The van der Waals surface area contributed by atoms with Crippen molar-refractivity contribution >= 4 is 49.0 Å². The number of nitriles is 1. The summed E-state index contributed by atoms with van der Waals surface area (Å²) in [5.41, 5.74) is 1.32. The predicted octanol–water partition coefficient (Wildman–Crippen LogP) is 2.85. The number of fused-ring (bicyclic) bond motifs is 1. The number of ketones is 1. The molecular weight excluding hydrogens is 692 g/mol. The smallest absolute Gasteiger partial charge is 0.254 e. The zero-order valence-corrected chi connectivity index (χ0v) is 28.1. The summed E-state index contributed by atoms with van der Waals surface area (Å²) in [6.45, 7) is 0.564. The number of carbonyl (C=O) groups is 2. The van der Waals surface area contributed by atoms with Gasteiger partial charge in [-0.25, -0.2) is 18.4 Å². The molecule has 3 aliphatic rings. The van der Waals surface area contributed by atoms with Crippen molar-refractivity contribution in [2.45, 2.75) is 28.6 Å². The van der Waals surface area contributed by atoms with Gasteiger partial charge in [-0.15, -0.1) is 11.3 Å². The van der Waals surface area contributed by atoms with Crippen molar-refractivity contribution in [3.05, 3.63) is 99.6 Å². The first-order chi connectivity index (χ1) is 22.0. The maximum absolute atomic E-state index is 14.8. The van der Waals surface area contributed by atoms with Gasteiger partial charge in [-0.2, -0.15) is 9.57 Å². The predicted molar refractivity (Wildman–Crippen MR) is 172 cm³/mol. The van der Waals surface area contributed by atoms with Crippen LogP contribution >= 0.6 is 27.3 Å². The number of rotatable bonds is 9. The summed E-state index contributed by atoms with van der Waals surface area (Å²) in [7, 11) is 0.0755. The number of piperidine rings is 1. The number of amides is 1. The molecule has 3 fully saturated rings. The molecule has 2 saturated heterocycles. The van der Waals surface area contributed by atoms with Gasteiger partial charge in [-0.3, -0.25) is 14.5 Å². The Kier molecular flexibility index (Phi) is 7.51. The van der Waals surface area contributed by atoms with Crippen molar-refractivity contribution in [1.29, 1.82) is 5.26 Å². The highest BCUT2D eigenvalue weighted by molar-refractivity contribution is 9.11. The molecule has 7 rings (SSSR count). The Bertz CT molecular complexity index is 1990. The van der Waals surface area contributed by atoms with Gasteiger partial charge in [0.05, 0.1) is 28.1 Å². The lowest BCUT2D eigenvalue weighted by atomic mass is 9.88. The van der Waals surface area contributed by atoms with Crippen LogP contribution in [0.15, 0.2) is 81.3 Å². The number of hydrogen-bond acceptors (Lipinski definition) is 9. The minimum Gasteiger partial charge on any atom is -0.356 e.